The second-order valence-corrected chi connectivity index (χ2v) is 5.61. The number of rotatable bonds is 3. The van der Waals surface area contributed by atoms with Crippen molar-refractivity contribution in [1.29, 1.82) is 0 Å². The van der Waals surface area contributed by atoms with Crippen LogP contribution in [0.3, 0.4) is 0 Å². The zero-order chi connectivity index (χ0) is 18.3. The largest absolute Gasteiger partial charge is 0.504 e. The van der Waals surface area contributed by atoms with Crippen LogP contribution < -0.4 is 16.0 Å². The first-order chi connectivity index (χ1) is 12.6. The molecule has 0 aliphatic rings. The summed E-state index contributed by atoms with van der Waals surface area (Å²) in [5.74, 6) is 0.135. The zero-order valence-corrected chi connectivity index (χ0v) is 13.7. The van der Waals surface area contributed by atoms with Crippen molar-refractivity contribution >= 4 is 28.2 Å². The third kappa shape index (κ3) is 2.35. The Bertz CT molecular complexity index is 1280. The van der Waals surface area contributed by atoms with Crippen LogP contribution in [0.5, 0.6) is 11.5 Å². The highest BCUT2D eigenvalue weighted by Gasteiger charge is 2.12. The molecule has 0 saturated carbocycles. The molecule has 0 fully saturated rings. The first-order valence-electron chi connectivity index (χ1n) is 7.76. The van der Waals surface area contributed by atoms with E-state index < -0.39 is 11.2 Å². The lowest BCUT2D eigenvalue weighted by Crippen LogP contribution is -2.32. The molecule has 0 amide bonds. The summed E-state index contributed by atoms with van der Waals surface area (Å²) >= 11 is 0. The molecule has 0 spiro atoms. The minimum atomic E-state index is -0.675. The molecule has 8 nitrogen and oxygen atoms in total. The van der Waals surface area contributed by atoms with Crippen LogP contribution in [0.1, 0.15) is 5.56 Å². The molecule has 2 aromatic heterocycles. The van der Waals surface area contributed by atoms with Crippen molar-refractivity contribution in [3.05, 3.63) is 68.9 Å². The highest BCUT2D eigenvalue weighted by molar-refractivity contribution is 6.04. The van der Waals surface area contributed by atoms with Gasteiger partial charge in [0.1, 0.15) is 5.52 Å². The Morgan fingerprint density at radius 3 is 2.69 bits per heavy atom. The lowest BCUT2D eigenvalue weighted by molar-refractivity contribution is 0.373. The van der Waals surface area contributed by atoms with Crippen molar-refractivity contribution in [3.63, 3.8) is 0 Å². The molecule has 2 heterocycles. The summed E-state index contributed by atoms with van der Waals surface area (Å²) in [6.45, 7) is 0. The molecule has 8 heteroatoms. The van der Waals surface area contributed by atoms with E-state index >= 15 is 0 Å². The summed E-state index contributed by atoms with van der Waals surface area (Å²) in [4.78, 5) is 30.6. The van der Waals surface area contributed by atoms with Gasteiger partial charge < -0.3 is 19.8 Å². The van der Waals surface area contributed by atoms with Gasteiger partial charge in [-0.3, -0.25) is 4.79 Å². The molecule has 0 saturated heterocycles. The lowest BCUT2D eigenvalue weighted by atomic mass is 10.2. The SMILES string of the molecule is COc1cccc(C=Nn2c(=O)[nH]c3c([nH]c4ccccc43)c2=O)c1O. The van der Waals surface area contributed by atoms with Gasteiger partial charge in [-0.1, -0.05) is 24.3 Å². The maximum atomic E-state index is 12.7. The summed E-state index contributed by atoms with van der Waals surface area (Å²) in [5.41, 5.74) is 0.475. The van der Waals surface area contributed by atoms with Crippen molar-refractivity contribution in [2.24, 2.45) is 5.10 Å². The van der Waals surface area contributed by atoms with Gasteiger partial charge in [0, 0.05) is 16.5 Å². The molecular formula is C18H14N4O4. The number of fused-ring (bicyclic) bond motifs is 3. The van der Waals surface area contributed by atoms with Crippen LogP contribution in [0.4, 0.5) is 0 Å². The number of hydrogen-bond donors (Lipinski definition) is 3. The maximum absolute atomic E-state index is 12.7. The van der Waals surface area contributed by atoms with Gasteiger partial charge in [0.05, 0.1) is 18.8 Å². The number of ether oxygens (including phenoxy) is 1. The van der Waals surface area contributed by atoms with E-state index in [9.17, 15) is 14.7 Å². The fourth-order valence-corrected chi connectivity index (χ4v) is 2.82. The number of methoxy groups -OCH3 is 1. The summed E-state index contributed by atoms with van der Waals surface area (Å²) < 4.78 is 5.73. The number of phenolic OH excluding ortho intramolecular Hbond substituents is 1. The molecule has 0 bridgehead atoms. The smallest absolute Gasteiger partial charge is 0.350 e. The number of nitrogens with zero attached hydrogens (tertiary/aromatic N) is 2. The average molecular weight is 350 g/mol. The number of H-pyrrole nitrogens is 2. The van der Waals surface area contributed by atoms with E-state index in [-0.39, 0.29) is 17.0 Å². The number of hydrogen-bond acceptors (Lipinski definition) is 5. The normalized spacial score (nSPS) is 11.6. The number of nitrogens with one attached hydrogen (secondary N) is 2. The van der Waals surface area contributed by atoms with Crippen molar-refractivity contribution < 1.29 is 9.84 Å². The van der Waals surface area contributed by atoms with E-state index in [2.05, 4.69) is 15.1 Å². The third-order valence-electron chi connectivity index (χ3n) is 4.10. The van der Waals surface area contributed by atoms with Crippen LogP contribution in [-0.2, 0) is 0 Å². The van der Waals surface area contributed by atoms with Gasteiger partial charge in [0.15, 0.2) is 11.5 Å². The van der Waals surface area contributed by atoms with E-state index in [4.69, 9.17) is 4.74 Å². The van der Waals surface area contributed by atoms with E-state index in [1.807, 2.05) is 24.3 Å². The second-order valence-electron chi connectivity index (χ2n) is 5.61. The summed E-state index contributed by atoms with van der Waals surface area (Å²) in [5, 5.41) is 14.8. The monoisotopic (exact) mass is 350 g/mol. The Labute approximate surface area is 146 Å². The summed E-state index contributed by atoms with van der Waals surface area (Å²) in [6, 6.07) is 12.1. The number of aromatic nitrogens is 3. The maximum Gasteiger partial charge on any atom is 0.350 e. The van der Waals surface area contributed by atoms with E-state index in [1.165, 1.54) is 13.3 Å². The topological polar surface area (TPSA) is 112 Å². The van der Waals surface area contributed by atoms with Gasteiger partial charge >= 0.3 is 11.2 Å². The Balaban J connectivity index is 1.89. The van der Waals surface area contributed by atoms with Crippen LogP contribution in [0.2, 0.25) is 0 Å². The van der Waals surface area contributed by atoms with Crippen molar-refractivity contribution in [1.82, 2.24) is 14.6 Å². The number of para-hydroxylation sites is 2. The lowest BCUT2D eigenvalue weighted by Gasteiger charge is -2.04. The van der Waals surface area contributed by atoms with E-state index in [0.717, 1.165) is 10.9 Å². The van der Waals surface area contributed by atoms with Crippen molar-refractivity contribution in [3.8, 4) is 11.5 Å². The standard InChI is InChI=1S/C18H14N4O4/c1-26-13-8-4-5-10(16(13)23)9-19-22-17(24)15-14(21-18(22)25)11-6-2-3-7-12(11)20-15/h2-9,20,23H,1H3,(H,21,25). The fraction of sp³-hybridized carbons (Fsp3) is 0.0556. The highest BCUT2D eigenvalue weighted by atomic mass is 16.5. The molecule has 3 N–H and O–H groups in total. The number of aromatic amines is 2. The zero-order valence-electron chi connectivity index (χ0n) is 13.7. The van der Waals surface area contributed by atoms with Crippen LogP contribution in [0, 0.1) is 0 Å². The average Bonchev–Trinajstić information content (AvgIpc) is 3.02. The van der Waals surface area contributed by atoms with Crippen LogP contribution in [0.25, 0.3) is 21.9 Å². The summed E-state index contributed by atoms with van der Waals surface area (Å²) in [6.07, 6.45) is 1.23. The van der Waals surface area contributed by atoms with Crippen LogP contribution in [-0.4, -0.2) is 33.1 Å². The van der Waals surface area contributed by atoms with E-state index in [1.54, 1.807) is 18.2 Å². The summed E-state index contributed by atoms with van der Waals surface area (Å²) in [7, 11) is 1.43. The van der Waals surface area contributed by atoms with Gasteiger partial charge in [-0.25, -0.2) is 4.79 Å². The fourth-order valence-electron chi connectivity index (χ4n) is 2.82. The van der Waals surface area contributed by atoms with Crippen LogP contribution in [0.15, 0.2) is 57.2 Å². The van der Waals surface area contributed by atoms with Crippen molar-refractivity contribution in [2.75, 3.05) is 7.11 Å². The first kappa shape index (κ1) is 15.7. The molecular weight excluding hydrogens is 336 g/mol. The third-order valence-corrected chi connectivity index (χ3v) is 4.10. The Hall–Kier alpha value is -3.81. The number of benzene rings is 2. The minimum absolute atomic E-state index is 0.130. The van der Waals surface area contributed by atoms with E-state index in [0.29, 0.717) is 15.8 Å². The van der Waals surface area contributed by atoms with Crippen molar-refractivity contribution in [2.45, 2.75) is 0 Å². The molecule has 4 aromatic rings. The molecule has 0 unspecified atom stereocenters. The molecule has 130 valence electrons. The van der Waals surface area contributed by atoms with Gasteiger partial charge in [0.2, 0.25) is 0 Å². The molecule has 26 heavy (non-hydrogen) atoms. The predicted molar refractivity (Wildman–Crippen MR) is 98.3 cm³/mol. The highest BCUT2D eigenvalue weighted by Crippen LogP contribution is 2.28. The second kappa shape index (κ2) is 5.92. The number of aromatic hydroxyl groups is 1. The predicted octanol–water partition coefficient (Wildman–Crippen LogP) is 1.77. The molecule has 4 rings (SSSR count). The van der Waals surface area contributed by atoms with Crippen LogP contribution >= 0.6 is 0 Å². The molecule has 0 aliphatic carbocycles. The van der Waals surface area contributed by atoms with Gasteiger partial charge in [-0.15, -0.1) is 4.68 Å². The minimum Gasteiger partial charge on any atom is -0.504 e. The van der Waals surface area contributed by atoms with Gasteiger partial charge in [-0.05, 0) is 18.2 Å². The first-order valence-corrected chi connectivity index (χ1v) is 7.76. The molecule has 0 atom stereocenters. The Kier molecular flexibility index (Phi) is 3.58. The Morgan fingerprint density at radius 1 is 1.08 bits per heavy atom. The number of phenols is 1. The Morgan fingerprint density at radius 2 is 1.88 bits per heavy atom. The molecule has 0 radical (unpaired) electrons. The van der Waals surface area contributed by atoms with Gasteiger partial charge in [0.25, 0.3) is 0 Å². The quantitative estimate of drug-likeness (QED) is 0.489. The van der Waals surface area contributed by atoms with Gasteiger partial charge in [-0.2, -0.15) is 5.10 Å². The molecule has 2 aromatic carbocycles. The molecule has 0 aliphatic heterocycles.